The highest BCUT2D eigenvalue weighted by molar-refractivity contribution is 6.52. The molecule has 0 spiro atoms. The Morgan fingerprint density at radius 1 is 0.950 bits per heavy atom. The third-order valence-electron chi connectivity index (χ3n) is 3.93. The topological polar surface area (TPSA) is 9.23 Å². The molecule has 1 nitrogen and oxygen atoms in total. The van der Waals surface area contributed by atoms with Crippen LogP contribution in [0.25, 0.3) is 0 Å². The molecule has 2 atom stereocenters. The number of hydrogen-bond acceptors (Lipinski definition) is 1. The monoisotopic (exact) mass is 306 g/mol. The number of alkyl halides is 2. The van der Waals surface area contributed by atoms with Crippen molar-refractivity contribution in [1.29, 1.82) is 0 Å². The molecule has 2 unspecified atom stereocenters. The minimum absolute atomic E-state index is 0.138. The van der Waals surface area contributed by atoms with Crippen LogP contribution >= 0.6 is 23.2 Å². The van der Waals surface area contributed by atoms with Crippen LogP contribution in [0.4, 0.5) is 0 Å². The maximum atomic E-state index is 6.50. The van der Waals surface area contributed by atoms with E-state index in [1.165, 1.54) is 11.1 Å². The predicted octanol–water partition coefficient (Wildman–Crippen LogP) is 5.06. The molecule has 2 aromatic rings. The van der Waals surface area contributed by atoms with E-state index in [0.29, 0.717) is 0 Å². The van der Waals surface area contributed by atoms with Crippen LogP contribution < -0.4 is 4.74 Å². The average molecular weight is 307 g/mol. The van der Waals surface area contributed by atoms with Crippen molar-refractivity contribution in [2.24, 2.45) is 0 Å². The molecule has 0 radical (unpaired) electrons. The molecule has 3 heteroatoms. The largest absolute Gasteiger partial charge is 0.497 e. The first-order valence-electron chi connectivity index (χ1n) is 6.62. The van der Waals surface area contributed by atoms with Gasteiger partial charge in [0, 0.05) is 11.8 Å². The molecular formula is C17H16Cl2O. The zero-order chi connectivity index (χ0) is 14.3. The van der Waals surface area contributed by atoms with Gasteiger partial charge in [-0.05, 0) is 30.2 Å². The van der Waals surface area contributed by atoms with Crippen LogP contribution in [0.3, 0.4) is 0 Å². The Kier molecular flexibility index (Phi) is 3.43. The van der Waals surface area contributed by atoms with Crippen molar-refractivity contribution in [2.45, 2.75) is 23.1 Å². The second-order valence-corrected chi connectivity index (χ2v) is 6.76. The lowest BCUT2D eigenvalue weighted by Gasteiger charge is -2.03. The van der Waals surface area contributed by atoms with Crippen LogP contribution in [0, 0.1) is 6.92 Å². The van der Waals surface area contributed by atoms with E-state index < -0.39 is 4.33 Å². The Labute approximate surface area is 129 Å². The van der Waals surface area contributed by atoms with Crippen molar-refractivity contribution in [3.8, 4) is 5.75 Å². The summed E-state index contributed by atoms with van der Waals surface area (Å²) < 4.78 is 4.46. The van der Waals surface area contributed by atoms with Gasteiger partial charge in [-0.1, -0.05) is 42.0 Å². The lowest BCUT2D eigenvalue weighted by molar-refractivity contribution is 0.414. The molecule has 0 bridgehead atoms. The Hall–Kier alpha value is -1.18. The first kappa shape index (κ1) is 13.8. The van der Waals surface area contributed by atoms with Gasteiger partial charge < -0.3 is 4.74 Å². The predicted molar refractivity (Wildman–Crippen MR) is 84.1 cm³/mol. The SMILES string of the molecule is COc1ccc(C2C(c3cccc(C)c3)C2(Cl)Cl)cc1. The number of halogens is 2. The molecule has 0 aliphatic heterocycles. The van der Waals surface area contributed by atoms with E-state index in [0.717, 1.165) is 11.3 Å². The number of methoxy groups -OCH3 is 1. The number of benzene rings is 2. The highest BCUT2D eigenvalue weighted by atomic mass is 35.5. The van der Waals surface area contributed by atoms with Crippen molar-refractivity contribution in [2.75, 3.05) is 7.11 Å². The van der Waals surface area contributed by atoms with E-state index in [2.05, 4.69) is 31.2 Å². The van der Waals surface area contributed by atoms with Crippen LogP contribution in [0.1, 0.15) is 28.5 Å². The lowest BCUT2D eigenvalue weighted by Crippen LogP contribution is -1.91. The second kappa shape index (κ2) is 4.98. The summed E-state index contributed by atoms with van der Waals surface area (Å²) in [5.74, 6) is 1.13. The molecule has 1 saturated carbocycles. The van der Waals surface area contributed by atoms with E-state index in [1.807, 2.05) is 24.3 Å². The molecule has 1 aliphatic carbocycles. The molecule has 0 amide bonds. The molecule has 104 valence electrons. The summed E-state index contributed by atoms with van der Waals surface area (Å²) in [6.45, 7) is 2.08. The van der Waals surface area contributed by atoms with E-state index >= 15 is 0 Å². The van der Waals surface area contributed by atoms with Gasteiger partial charge in [0.2, 0.25) is 0 Å². The molecule has 0 saturated heterocycles. The molecule has 3 rings (SSSR count). The fourth-order valence-electron chi connectivity index (χ4n) is 2.83. The summed E-state index contributed by atoms with van der Waals surface area (Å²) in [6, 6.07) is 16.4. The zero-order valence-corrected chi connectivity index (χ0v) is 12.9. The van der Waals surface area contributed by atoms with Gasteiger partial charge in [-0.3, -0.25) is 0 Å². The first-order valence-corrected chi connectivity index (χ1v) is 7.38. The number of aryl methyl sites for hydroxylation is 1. The minimum Gasteiger partial charge on any atom is -0.497 e. The highest BCUT2D eigenvalue weighted by Gasteiger charge is 2.64. The molecule has 0 N–H and O–H groups in total. The molecular weight excluding hydrogens is 291 g/mol. The summed E-state index contributed by atoms with van der Waals surface area (Å²) in [6.07, 6.45) is 0. The molecule has 2 aromatic carbocycles. The normalized spacial score (nSPS) is 23.4. The fourth-order valence-corrected chi connectivity index (χ4v) is 3.71. The van der Waals surface area contributed by atoms with Gasteiger partial charge in [-0.25, -0.2) is 0 Å². The smallest absolute Gasteiger partial charge is 0.133 e. The number of hydrogen-bond donors (Lipinski definition) is 0. The van der Waals surface area contributed by atoms with E-state index in [9.17, 15) is 0 Å². The van der Waals surface area contributed by atoms with E-state index in [-0.39, 0.29) is 11.8 Å². The Balaban J connectivity index is 1.90. The Bertz CT molecular complexity index is 619. The fraction of sp³-hybridized carbons (Fsp3) is 0.294. The Morgan fingerprint density at radius 2 is 1.60 bits per heavy atom. The lowest BCUT2D eigenvalue weighted by atomic mass is 10.0. The number of rotatable bonds is 3. The van der Waals surface area contributed by atoms with Crippen LogP contribution in [0.5, 0.6) is 5.75 Å². The third-order valence-corrected chi connectivity index (χ3v) is 4.87. The van der Waals surface area contributed by atoms with Crippen molar-refractivity contribution < 1.29 is 4.74 Å². The van der Waals surface area contributed by atoms with Gasteiger partial charge in [-0.2, -0.15) is 0 Å². The molecule has 20 heavy (non-hydrogen) atoms. The summed E-state index contributed by atoms with van der Waals surface area (Å²) in [5, 5.41) is 0. The molecule has 1 fully saturated rings. The third kappa shape index (κ3) is 2.30. The van der Waals surface area contributed by atoms with Crippen LogP contribution in [-0.2, 0) is 0 Å². The van der Waals surface area contributed by atoms with Gasteiger partial charge in [-0.15, -0.1) is 23.2 Å². The molecule has 1 aliphatic rings. The first-order chi connectivity index (χ1) is 9.54. The van der Waals surface area contributed by atoms with Crippen LogP contribution in [0.2, 0.25) is 0 Å². The van der Waals surface area contributed by atoms with Crippen LogP contribution in [0.15, 0.2) is 48.5 Å². The van der Waals surface area contributed by atoms with Crippen molar-refractivity contribution in [3.63, 3.8) is 0 Å². The number of ether oxygens (including phenoxy) is 1. The summed E-state index contributed by atoms with van der Waals surface area (Å²) in [4.78, 5) is 0. The van der Waals surface area contributed by atoms with Gasteiger partial charge in [0.05, 0.1) is 7.11 Å². The maximum Gasteiger partial charge on any atom is 0.133 e. The standard InChI is InChI=1S/C17H16Cl2O/c1-11-4-3-5-13(10-11)16-15(17(16,18)19)12-6-8-14(20-2)9-7-12/h3-10,15-16H,1-2H3. The highest BCUT2D eigenvalue weighted by Crippen LogP contribution is 2.70. The van der Waals surface area contributed by atoms with E-state index in [4.69, 9.17) is 27.9 Å². The van der Waals surface area contributed by atoms with Crippen molar-refractivity contribution in [3.05, 3.63) is 65.2 Å². The van der Waals surface area contributed by atoms with Gasteiger partial charge in [0.1, 0.15) is 10.1 Å². The molecule has 0 aromatic heterocycles. The second-order valence-electron chi connectivity index (χ2n) is 5.32. The summed E-state index contributed by atoms with van der Waals surface area (Å²) in [5.41, 5.74) is 3.59. The van der Waals surface area contributed by atoms with Crippen molar-refractivity contribution >= 4 is 23.2 Å². The maximum absolute atomic E-state index is 6.50. The average Bonchev–Trinajstić information content (AvgIpc) is 3.01. The molecule has 0 heterocycles. The minimum atomic E-state index is -0.720. The van der Waals surface area contributed by atoms with Crippen molar-refractivity contribution in [1.82, 2.24) is 0 Å². The van der Waals surface area contributed by atoms with Gasteiger partial charge >= 0.3 is 0 Å². The van der Waals surface area contributed by atoms with Crippen LogP contribution in [-0.4, -0.2) is 11.4 Å². The summed E-state index contributed by atoms with van der Waals surface area (Å²) >= 11 is 13.0. The quantitative estimate of drug-likeness (QED) is 0.720. The summed E-state index contributed by atoms with van der Waals surface area (Å²) in [7, 11) is 1.66. The van der Waals surface area contributed by atoms with Gasteiger partial charge in [0.25, 0.3) is 0 Å². The van der Waals surface area contributed by atoms with E-state index in [1.54, 1.807) is 7.11 Å². The van der Waals surface area contributed by atoms with Gasteiger partial charge in [0.15, 0.2) is 0 Å². The zero-order valence-electron chi connectivity index (χ0n) is 11.4. The Morgan fingerprint density at radius 3 is 2.20 bits per heavy atom.